The van der Waals surface area contributed by atoms with Gasteiger partial charge in [0.05, 0.1) is 5.84 Å². The molecule has 2 nitrogen and oxygen atoms in total. The quantitative estimate of drug-likeness (QED) is 0.493. The molecular formula is C6H12N2S. The van der Waals surface area contributed by atoms with E-state index in [2.05, 4.69) is 29.6 Å². The summed E-state index contributed by atoms with van der Waals surface area (Å²) < 4.78 is 0. The summed E-state index contributed by atoms with van der Waals surface area (Å²) in [6.45, 7) is 1.04. The fourth-order valence-corrected chi connectivity index (χ4v) is 1.52. The maximum atomic E-state index is 4.34. The van der Waals surface area contributed by atoms with Gasteiger partial charge in [0.25, 0.3) is 0 Å². The Balaban J connectivity index is 2.58. The fourth-order valence-electron chi connectivity index (χ4n) is 1.11. The summed E-state index contributed by atoms with van der Waals surface area (Å²) in [7, 11) is 3.89. The number of nitrogens with zero attached hydrogens (tertiary/aromatic N) is 2. The van der Waals surface area contributed by atoms with Crippen LogP contribution < -0.4 is 0 Å². The smallest absolute Gasteiger partial charge is 0.0994 e. The first kappa shape index (κ1) is 6.93. The molecule has 0 aromatic carbocycles. The highest BCUT2D eigenvalue weighted by molar-refractivity contribution is 7.81. The molecule has 0 aliphatic carbocycles. The maximum Gasteiger partial charge on any atom is 0.0994 e. The minimum atomic E-state index is 0.494. The predicted octanol–water partition coefficient (Wildman–Crippen LogP) is 0.649. The average molecular weight is 144 g/mol. The van der Waals surface area contributed by atoms with E-state index in [9.17, 15) is 0 Å². The molecule has 1 saturated heterocycles. The van der Waals surface area contributed by atoms with Gasteiger partial charge in [0, 0.05) is 32.3 Å². The Hall–Kier alpha value is -0.180. The van der Waals surface area contributed by atoms with E-state index < -0.39 is 0 Å². The molecule has 1 heterocycles. The Bertz CT molecular complexity index is 133. The van der Waals surface area contributed by atoms with Crippen molar-refractivity contribution < 1.29 is 0 Å². The highest BCUT2D eigenvalue weighted by atomic mass is 32.1. The lowest BCUT2D eigenvalue weighted by Crippen LogP contribution is -2.19. The lowest BCUT2D eigenvalue weighted by Gasteiger charge is -2.09. The summed E-state index contributed by atoms with van der Waals surface area (Å²) in [5.74, 6) is 1.18. The Morgan fingerprint density at radius 3 is 2.67 bits per heavy atom. The van der Waals surface area contributed by atoms with Gasteiger partial charge in [-0.15, -0.1) is 0 Å². The summed E-state index contributed by atoms with van der Waals surface area (Å²) in [5, 5.41) is 0.494. The van der Waals surface area contributed by atoms with E-state index in [0.29, 0.717) is 5.25 Å². The van der Waals surface area contributed by atoms with Crippen LogP contribution in [0.15, 0.2) is 4.99 Å². The first-order valence-corrected chi connectivity index (χ1v) is 3.60. The van der Waals surface area contributed by atoms with E-state index in [1.165, 1.54) is 5.84 Å². The molecule has 1 rings (SSSR count). The van der Waals surface area contributed by atoms with Gasteiger partial charge in [-0.2, -0.15) is 12.6 Å². The molecule has 1 aliphatic rings. The van der Waals surface area contributed by atoms with Crippen LogP contribution in [-0.2, 0) is 0 Å². The lowest BCUT2D eigenvalue weighted by molar-refractivity contribution is 0.554. The molecule has 0 saturated carbocycles. The van der Waals surface area contributed by atoms with Gasteiger partial charge in [-0.3, -0.25) is 4.99 Å². The van der Waals surface area contributed by atoms with Crippen molar-refractivity contribution >= 4 is 18.5 Å². The van der Waals surface area contributed by atoms with E-state index in [1.807, 2.05) is 7.05 Å². The highest BCUT2D eigenvalue weighted by Crippen LogP contribution is 2.14. The lowest BCUT2D eigenvalue weighted by atomic mass is 10.4. The van der Waals surface area contributed by atoms with Gasteiger partial charge >= 0.3 is 0 Å². The topological polar surface area (TPSA) is 15.6 Å². The molecule has 0 radical (unpaired) electrons. The van der Waals surface area contributed by atoms with Crippen LogP contribution in [-0.4, -0.2) is 36.6 Å². The summed E-state index contributed by atoms with van der Waals surface area (Å²) in [5.41, 5.74) is 0. The number of amidine groups is 1. The molecule has 0 aromatic heterocycles. The minimum absolute atomic E-state index is 0.494. The van der Waals surface area contributed by atoms with Crippen LogP contribution in [0.4, 0.5) is 0 Å². The standard InChI is InChI=1S/C6H12N2S/c1-7-6-3-5(9)4-8(6)2/h5,9H,3-4H2,1-2H3. The van der Waals surface area contributed by atoms with E-state index in [1.54, 1.807) is 0 Å². The Labute approximate surface area is 61.4 Å². The molecule has 3 heteroatoms. The van der Waals surface area contributed by atoms with Gasteiger partial charge in [-0.25, -0.2) is 0 Å². The van der Waals surface area contributed by atoms with Gasteiger partial charge in [0.15, 0.2) is 0 Å². The number of likely N-dealkylation sites (tertiary alicyclic amines) is 1. The van der Waals surface area contributed by atoms with Crippen molar-refractivity contribution in [1.29, 1.82) is 0 Å². The molecule has 1 atom stereocenters. The van der Waals surface area contributed by atoms with Gasteiger partial charge in [-0.1, -0.05) is 0 Å². The van der Waals surface area contributed by atoms with E-state index in [-0.39, 0.29) is 0 Å². The van der Waals surface area contributed by atoms with Crippen molar-refractivity contribution in [3.05, 3.63) is 0 Å². The Kier molecular flexibility index (Phi) is 2.01. The van der Waals surface area contributed by atoms with Gasteiger partial charge in [0.1, 0.15) is 0 Å². The zero-order chi connectivity index (χ0) is 6.85. The summed E-state index contributed by atoms with van der Waals surface area (Å²) in [4.78, 5) is 6.26. The van der Waals surface area contributed by atoms with Crippen LogP contribution in [0.1, 0.15) is 6.42 Å². The van der Waals surface area contributed by atoms with Crippen LogP contribution in [0.5, 0.6) is 0 Å². The van der Waals surface area contributed by atoms with Gasteiger partial charge in [0.2, 0.25) is 0 Å². The second kappa shape index (κ2) is 2.60. The SMILES string of the molecule is CN=C1CC(S)CN1C. The highest BCUT2D eigenvalue weighted by Gasteiger charge is 2.20. The summed E-state index contributed by atoms with van der Waals surface area (Å²) in [6.07, 6.45) is 1.02. The molecular weight excluding hydrogens is 132 g/mol. The third kappa shape index (κ3) is 1.39. The average Bonchev–Trinajstić information content (AvgIpc) is 2.10. The van der Waals surface area contributed by atoms with Gasteiger partial charge < -0.3 is 4.90 Å². The van der Waals surface area contributed by atoms with Gasteiger partial charge in [-0.05, 0) is 0 Å². The van der Waals surface area contributed by atoms with Crippen molar-refractivity contribution in [2.45, 2.75) is 11.7 Å². The third-order valence-corrected chi connectivity index (χ3v) is 1.95. The molecule has 0 aromatic rings. The monoisotopic (exact) mass is 144 g/mol. The van der Waals surface area contributed by atoms with Crippen LogP contribution in [0.2, 0.25) is 0 Å². The van der Waals surface area contributed by atoms with Crippen LogP contribution >= 0.6 is 12.6 Å². The number of hydrogen-bond donors (Lipinski definition) is 1. The zero-order valence-corrected chi connectivity index (χ0v) is 6.73. The molecule has 0 N–H and O–H groups in total. The van der Waals surface area contributed by atoms with Crippen molar-refractivity contribution in [3.8, 4) is 0 Å². The normalized spacial score (nSPS) is 32.1. The Morgan fingerprint density at radius 1 is 1.78 bits per heavy atom. The second-order valence-electron chi connectivity index (χ2n) is 2.38. The van der Waals surface area contributed by atoms with Crippen molar-refractivity contribution in [2.24, 2.45) is 4.99 Å². The zero-order valence-electron chi connectivity index (χ0n) is 5.83. The predicted molar refractivity (Wildman–Crippen MR) is 43.4 cm³/mol. The van der Waals surface area contributed by atoms with Crippen LogP contribution in [0.3, 0.4) is 0 Å². The van der Waals surface area contributed by atoms with Crippen LogP contribution in [0.25, 0.3) is 0 Å². The van der Waals surface area contributed by atoms with E-state index in [4.69, 9.17) is 0 Å². The molecule has 9 heavy (non-hydrogen) atoms. The molecule has 1 aliphatic heterocycles. The first-order chi connectivity index (χ1) is 4.24. The summed E-state index contributed by atoms with van der Waals surface area (Å²) >= 11 is 4.34. The fraction of sp³-hybridized carbons (Fsp3) is 0.833. The molecule has 1 fully saturated rings. The molecule has 0 spiro atoms. The minimum Gasteiger partial charge on any atom is -0.362 e. The van der Waals surface area contributed by atoms with Crippen molar-refractivity contribution in [3.63, 3.8) is 0 Å². The maximum absolute atomic E-state index is 4.34. The number of hydrogen-bond acceptors (Lipinski definition) is 2. The van der Waals surface area contributed by atoms with Crippen molar-refractivity contribution in [2.75, 3.05) is 20.6 Å². The first-order valence-electron chi connectivity index (χ1n) is 3.09. The largest absolute Gasteiger partial charge is 0.362 e. The molecule has 0 bridgehead atoms. The summed E-state index contributed by atoms with van der Waals surface area (Å²) in [6, 6.07) is 0. The van der Waals surface area contributed by atoms with E-state index in [0.717, 1.165) is 13.0 Å². The number of rotatable bonds is 0. The van der Waals surface area contributed by atoms with Crippen LogP contribution in [0, 0.1) is 0 Å². The molecule has 0 amide bonds. The number of thiol groups is 1. The van der Waals surface area contributed by atoms with E-state index >= 15 is 0 Å². The Morgan fingerprint density at radius 2 is 2.44 bits per heavy atom. The molecule has 1 unspecified atom stereocenters. The second-order valence-corrected chi connectivity index (χ2v) is 3.11. The molecule has 52 valence electrons. The number of aliphatic imine (C=N–C) groups is 1. The van der Waals surface area contributed by atoms with Crippen molar-refractivity contribution in [1.82, 2.24) is 4.90 Å². The third-order valence-electron chi connectivity index (χ3n) is 1.60.